The predicted octanol–water partition coefficient (Wildman–Crippen LogP) is 1.32. The zero-order chi connectivity index (χ0) is 15.1. The van der Waals surface area contributed by atoms with Gasteiger partial charge in [0.1, 0.15) is 0 Å². The van der Waals surface area contributed by atoms with E-state index in [2.05, 4.69) is 19.8 Å². The van der Waals surface area contributed by atoms with Crippen molar-refractivity contribution in [1.82, 2.24) is 14.9 Å². The molecule has 118 valence electrons. The number of carbonyl (C=O) groups is 1. The first-order valence-corrected chi connectivity index (χ1v) is 8.16. The smallest absolute Gasteiger partial charge is 0.228 e. The van der Waals surface area contributed by atoms with Gasteiger partial charge in [0.2, 0.25) is 17.7 Å². The molecule has 4 rings (SSSR count). The first-order chi connectivity index (χ1) is 10.7. The van der Waals surface area contributed by atoms with Gasteiger partial charge in [-0.3, -0.25) is 4.79 Å². The Kier molecular flexibility index (Phi) is 3.39. The second-order valence-electron chi connectivity index (χ2n) is 6.67. The molecule has 1 amide bonds. The Hall–Kier alpha value is -1.85. The van der Waals surface area contributed by atoms with Crippen molar-refractivity contribution in [2.75, 3.05) is 31.6 Å². The van der Waals surface area contributed by atoms with Crippen LogP contribution in [-0.4, -0.2) is 53.6 Å². The fourth-order valence-corrected chi connectivity index (χ4v) is 4.37. The van der Waals surface area contributed by atoms with E-state index in [-0.39, 0.29) is 0 Å². The van der Waals surface area contributed by atoms with Crippen molar-refractivity contribution in [3.8, 4) is 5.88 Å². The number of aromatic nitrogens is 2. The quantitative estimate of drug-likeness (QED) is 0.825. The monoisotopic (exact) mass is 302 g/mol. The number of piperidine rings is 3. The largest absolute Gasteiger partial charge is 0.481 e. The number of hydrogen-bond donors (Lipinski definition) is 0. The Balaban J connectivity index is 1.56. The molecule has 3 aliphatic rings. The highest BCUT2D eigenvalue weighted by molar-refractivity contribution is 5.77. The van der Waals surface area contributed by atoms with Crippen LogP contribution in [0, 0.1) is 11.8 Å². The number of fused-ring (bicyclic) bond motifs is 4. The van der Waals surface area contributed by atoms with Crippen LogP contribution in [0.25, 0.3) is 0 Å². The van der Waals surface area contributed by atoms with Crippen LogP contribution in [0.4, 0.5) is 5.95 Å². The van der Waals surface area contributed by atoms with Gasteiger partial charge in [0, 0.05) is 44.4 Å². The van der Waals surface area contributed by atoms with Crippen LogP contribution in [0.2, 0.25) is 0 Å². The summed E-state index contributed by atoms with van der Waals surface area (Å²) in [6.45, 7) is 2.78. The van der Waals surface area contributed by atoms with E-state index in [0.29, 0.717) is 29.7 Å². The van der Waals surface area contributed by atoms with Gasteiger partial charge >= 0.3 is 0 Å². The van der Waals surface area contributed by atoms with Gasteiger partial charge in [0.05, 0.1) is 7.11 Å². The lowest BCUT2D eigenvalue weighted by molar-refractivity contribution is -0.142. The van der Waals surface area contributed by atoms with Gasteiger partial charge in [-0.25, -0.2) is 4.98 Å². The number of carbonyl (C=O) groups excluding carboxylic acids is 1. The molecule has 1 aromatic heterocycles. The summed E-state index contributed by atoms with van der Waals surface area (Å²) in [6.07, 6.45) is 5.91. The number of amides is 1. The fourth-order valence-electron chi connectivity index (χ4n) is 4.37. The van der Waals surface area contributed by atoms with E-state index >= 15 is 0 Å². The molecule has 0 unspecified atom stereocenters. The molecule has 0 radical (unpaired) electrons. The lowest BCUT2D eigenvalue weighted by Crippen LogP contribution is -2.60. The van der Waals surface area contributed by atoms with Gasteiger partial charge in [0.25, 0.3) is 0 Å². The van der Waals surface area contributed by atoms with Crippen molar-refractivity contribution in [3.05, 3.63) is 12.3 Å². The van der Waals surface area contributed by atoms with Gasteiger partial charge in [-0.2, -0.15) is 4.98 Å². The van der Waals surface area contributed by atoms with E-state index in [9.17, 15) is 4.79 Å². The third-order valence-electron chi connectivity index (χ3n) is 5.29. The van der Waals surface area contributed by atoms with Gasteiger partial charge in [-0.1, -0.05) is 0 Å². The van der Waals surface area contributed by atoms with Gasteiger partial charge in [-0.05, 0) is 31.1 Å². The summed E-state index contributed by atoms with van der Waals surface area (Å²) in [5.74, 6) is 2.80. The molecule has 2 bridgehead atoms. The molecule has 0 N–H and O–H groups in total. The predicted molar refractivity (Wildman–Crippen MR) is 81.7 cm³/mol. The molecule has 0 aromatic carbocycles. The Labute approximate surface area is 130 Å². The Morgan fingerprint density at radius 2 is 2.23 bits per heavy atom. The number of nitrogens with zero attached hydrogens (tertiary/aromatic N) is 4. The van der Waals surface area contributed by atoms with Gasteiger partial charge in [-0.15, -0.1) is 0 Å². The number of methoxy groups -OCH3 is 1. The fraction of sp³-hybridized carbons (Fsp3) is 0.688. The molecule has 4 heterocycles. The van der Waals surface area contributed by atoms with Crippen LogP contribution in [0.15, 0.2) is 12.3 Å². The topological polar surface area (TPSA) is 58.6 Å². The maximum Gasteiger partial charge on any atom is 0.228 e. The van der Waals surface area contributed by atoms with Crippen molar-refractivity contribution in [2.24, 2.45) is 11.8 Å². The minimum absolute atomic E-state index is 0.358. The van der Waals surface area contributed by atoms with Crippen LogP contribution in [-0.2, 0) is 4.79 Å². The molecule has 3 saturated heterocycles. The third-order valence-corrected chi connectivity index (χ3v) is 5.29. The second kappa shape index (κ2) is 5.41. The molecule has 3 fully saturated rings. The highest BCUT2D eigenvalue weighted by Crippen LogP contribution is 2.38. The molecule has 1 aromatic rings. The first-order valence-electron chi connectivity index (χ1n) is 8.16. The standard InChI is InChI=1S/C16H22N4O2/c1-22-14-5-6-17-16(18-14)19-8-11-7-12(10-19)13-3-2-4-15(21)20(13)9-11/h5-6,11-13H,2-4,7-10H2,1H3/t11-,12+,13-/m0/s1. The van der Waals surface area contributed by atoms with Crippen LogP contribution in [0.5, 0.6) is 5.88 Å². The first kappa shape index (κ1) is 13.8. The number of ether oxygens (including phenoxy) is 1. The maximum absolute atomic E-state index is 12.2. The van der Waals surface area contributed by atoms with Gasteiger partial charge in [0.15, 0.2) is 0 Å². The molecular weight excluding hydrogens is 280 g/mol. The number of anilines is 1. The average molecular weight is 302 g/mol. The summed E-state index contributed by atoms with van der Waals surface area (Å²) in [5, 5.41) is 0. The maximum atomic E-state index is 12.2. The van der Waals surface area contributed by atoms with Crippen molar-refractivity contribution in [3.63, 3.8) is 0 Å². The zero-order valence-corrected chi connectivity index (χ0v) is 12.9. The molecule has 6 nitrogen and oxygen atoms in total. The highest BCUT2D eigenvalue weighted by Gasteiger charge is 2.44. The molecule has 0 aliphatic carbocycles. The van der Waals surface area contributed by atoms with Crippen molar-refractivity contribution >= 4 is 11.9 Å². The summed E-state index contributed by atoms with van der Waals surface area (Å²) >= 11 is 0. The van der Waals surface area contributed by atoms with Crippen molar-refractivity contribution < 1.29 is 9.53 Å². The number of hydrogen-bond acceptors (Lipinski definition) is 5. The van der Waals surface area contributed by atoms with Crippen molar-refractivity contribution in [1.29, 1.82) is 0 Å². The zero-order valence-electron chi connectivity index (χ0n) is 12.9. The average Bonchev–Trinajstić information content (AvgIpc) is 2.56. The van der Waals surface area contributed by atoms with Crippen LogP contribution in [0.1, 0.15) is 25.7 Å². The van der Waals surface area contributed by atoms with E-state index in [0.717, 1.165) is 44.8 Å². The van der Waals surface area contributed by atoms with Crippen LogP contribution >= 0.6 is 0 Å². The Bertz CT molecular complexity index is 579. The third kappa shape index (κ3) is 2.30. The number of rotatable bonds is 2. The molecule has 3 atom stereocenters. The van der Waals surface area contributed by atoms with E-state index in [1.165, 1.54) is 6.42 Å². The van der Waals surface area contributed by atoms with E-state index in [4.69, 9.17) is 4.74 Å². The molecular formula is C16H22N4O2. The summed E-state index contributed by atoms with van der Waals surface area (Å²) in [7, 11) is 1.63. The summed E-state index contributed by atoms with van der Waals surface area (Å²) in [6, 6.07) is 2.20. The van der Waals surface area contributed by atoms with Gasteiger partial charge < -0.3 is 14.5 Å². The minimum atomic E-state index is 0.358. The SMILES string of the molecule is COc1ccnc(N2C[C@@H]3C[C@H](C2)[C@@H]2CCCC(=O)N2C3)n1. The summed E-state index contributed by atoms with van der Waals surface area (Å²) in [5.41, 5.74) is 0. The Morgan fingerprint density at radius 3 is 3.09 bits per heavy atom. The molecule has 22 heavy (non-hydrogen) atoms. The van der Waals surface area contributed by atoms with E-state index in [1.54, 1.807) is 19.4 Å². The van der Waals surface area contributed by atoms with Crippen LogP contribution < -0.4 is 9.64 Å². The summed E-state index contributed by atoms with van der Waals surface area (Å²) < 4.78 is 5.21. The highest BCUT2D eigenvalue weighted by atomic mass is 16.5. The Morgan fingerprint density at radius 1 is 1.32 bits per heavy atom. The lowest BCUT2D eigenvalue weighted by Gasteiger charge is -2.52. The molecule has 0 saturated carbocycles. The van der Waals surface area contributed by atoms with Crippen LogP contribution in [0.3, 0.4) is 0 Å². The summed E-state index contributed by atoms with van der Waals surface area (Å²) in [4.78, 5) is 25.5. The van der Waals surface area contributed by atoms with E-state index in [1.807, 2.05) is 0 Å². The second-order valence-corrected chi connectivity index (χ2v) is 6.67. The van der Waals surface area contributed by atoms with Crippen molar-refractivity contribution in [2.45, 2.75) is 31.7 Å². The molecule has 3 aliphatic heterocycles. The minimum Gasteiger partial charge on any atom is -0.481 e. The van der Waals surface area contributed by atoms with E-state index < -0.39 is 0 Å². The normalized spacial score (nSPS) is 31.0. The lowest BCUT2D eigenvalue weighted by atomic mass is 9.76. The molecule has 6 heteroatoms. The molecule has 0 spiro atoms.